The van der Waals surface area contributed by atoms with E-state index in [0.29, 0.717) is 13.1 Å². The highest BCUT2D eigenvalue weighted by molar-refractivity contribution is 14.0. The highest BCUT2D eigenvalue weighted by Gasteiger charge is 2.02. The van der Waals surface area contributed by atoms with Crippen molar-refractivity contribution in [1.82, 2.24) is 25.4 Å². The van der Waals surface area contributed by atoms with E-state index in [-0.39, 0.29) is 24.0 Å². The molecule has 1 aromatic heterocycles. The van der Waals surface area contributed by atoms with Gasteiger partial charge in [0, 0.05) is 31.1 Å². The van der Waals surface area contributed by atoms with Crippen molar-refractivity contribution in [1.29, 1.82) is 0 Å². The molecule has 0 aliphatic rings. The maximum Gasteiger partial charge on any atom is 0.191 e. The van der Waals surface area contributed by atoms with E-state index in [1.165, 1.54) is 0 Å². The van der Waals surface area contributed by atoms with Crippen LogP contribution in [-0.4, -0.2) is 33.8 Å². The zero-order valence-electron chi connectivity index (χ0n) is 14.3. The van der Waals surface area contributed by atoms with Gasteiger partial charge in [-0.3, -0.25) is 0 Å². The number of nitrogens with zero attached hydrogens (tertiary/aromatic N) is 4. The van der Waals surface area contributed by atoms with E-state index < -0.39 is 0 Å². The largest absolute Gasteiger partial charge is 0.355 e. The van der Waals surface area contributed by atoms with Crippen LogP contribution in [0.15, 0.2) is 48.2 Å². The van der Waals surface area contributed by atoms with Crippen LogP contribution < -0.4 is 10.6 Å². The summed E-state index contributed by atoms with van der Waals surface area (Å²) < 4.78 is 2.04. The molecule has 0 fully saturated rings. The molecule has 136 valence electrons. The summed E-state index contributed by atoms with van der Waals surface area (Å²) in [6.45, 7) is 8.50. The molecule has 0 aliphatic heterocycles. The molecule has 2 N–H and O–H groups in total. The van der Waals surface area contributed by atoms with E-state index in [4.69, 9.17) is 11.6 Å². The van der Waals surface area contributed by atoms with Crippen LogP contribution in [0.2, 0.25) is 5.02 Å². The first-order valence-corrected chi connectivity index (χ1v) is 8.35. The topological polar surface area (TPSA) is 67.1 Å². The Morgan fingerprint density at radius 2 is 2.24 bits per heavy atom. The summed E-state index contributed by atoms with van der Waals surface area (Å²) in [6, 6.07) is 7.70. The molecule has 0 amide bonds. The van der Waals surface area contributed by atoms with Crippen LogP contribution in [0.1, 0.15) is 18.3 Å². The van der Waals surface area contributed by atoms with Crippen molar-refractivity contribution in [3.63, 3.8) is 0 Å². The fourth-order valence-electron chi connectivity index (χ4n) is 2.18. The summed E-state index contributed by atoms with van der Waals surface area (Å²) in [6.07, 6.45) is 4.41. The van der Waals surface area contributed by atoms with Crippen molar-refractivity contribution in [2.24, 2.45) is 4.99 Å². The van der Waals surface area contributed by atoms with Gasteiger partial charge in [-0.05, 0) is 17.7 Å². The lowest BCUT2D eigenvalue weighted by molar-refractivity contribution is 0.633. The molecule has 25 heavy (non-hydrogen) atoms. The molecule has 1 aromatic carbocycles. The summed E-state index contributed by atoms with van der Waals surface area (Å²) in [5.74, 6) is 1.72. The molecule has 0 aliphatic carbocycles. The number of aromatic nitrogens is 3. The summed E-state index contributed by atoms with van der Waals surface area (Å²) >= 11 is 6.01. The molecule has 0 radical (unpaired) electrons. The first kappa shape index (κ1) is 21.4. The van der Waals surface area contributed by atoms with Gasteiger partial charge in [0.15, 0.2) is 5.96 Å². The molecule has 8 heteroatoms. The Morgan fingerprint density at radius 3 is 2.96 bits per heavy atom. The standard InChI is InChI=1S/C17H23ClN6.HI/c1-3-8-19-17(21-12-14-6-5-7-15(18)11-14)20-9-10-24-13-22-23-16(24)4-2;/h3,5-7,11,13H,1,4,8-10,12H2,2H3,(H2,19,20,21);1H. The van der Waals surface area contributed by atoms with Crippen LogP contribution in [0.25, 0.3) is 0 Å². The third kappa shape index (κ3) is 7.43. The Hall–Kier alpha value is -1.61. The smallest absolute Gasteiger partial charge is 0.191 e. The first-order chi connectivity index (χ1) is 11.7. The number of aliphatic imine (C=N–C) groups is 1. The van der Waals surface area contributed by atoms with Crippen molar-refractivity contribution in [3.8, 4) is 0 Å². The van der Waals surface area contributed by atoms with Gasteiger partial charge in [0.2, 0.25) is 0 Å². The van der Waals surface area contributed by atoms with Gasteiger partial charge in [-0.2, -0.15) is 0 Å². The highest BCUT2D eigenvalue weighted by Crippen LogP contribution is 2.11. The third-order valence-electron chi connectivity index (χ3n) is 3.38. The van der Waals surface area contributed by atoms with Crippen molar-refractivity contribution < 1.29 is 0 Å². The van der Waals surface area contributed by atoms with Crippen LogP contribution in [-0.2, 0) is 19.5 Å². The normalized spacial score (nSPS) is 10.9. The zero-order chi connectivity index (χ0) is 17.2. The van der Waals surface area contributed by atoms with Gasteiger partial charge < -0.3 is 15.2 Å². The lowest BCUT2D eigenvalue weighted by atomic mass is 10.2. The number of benzene rings is 1. The van der Waals surface area contributed by atoms with Crippen LogP contribution in [0.5, 0.6) is 0 Å². The fourth-order valence-corrected chi connectivity index (χ4v) is 2.40. The van der Waals surface area contributed by atoms with Crippen molar-refractivity contribution >= 4 is 41.5 Å². The number of hydrogen-bond acceptors (Lipinski definition) is 3. The highest BCUT2D eigenvalue weighted by atomic mass is 127. The maximum atomic E-state index is 6.01. The van der Waals surface area contributed by atoms with Gasteiger partial charge in [0.25, 0.3) is 0 Å². The number of hydrogen-bond donors (Lipinski definition) is 2. The lowest BCUT2D eigenvalue weighted by Crippen LogP contribution is -2.39. The molecule has 0 spiro atoms. The average molecular weight is 475 g/mol. The lowest BCUT2D eigenvalue weighted by Gasteiger charge is -2.12. The predicted octanol–water partition coefficient (Wildman–Crippen LogP) is 3.03. The molecule has 0 unspecified atom stereocenters. The second kappa shape index (κ2) is 11.9. The molecular formula is C17H24ClIN6. The molecule has 1 heterocycles. The number of halogens is 2. The molecule has 0 atom stereocenters. The Bertz CT molecular complexity index is 685. The van der Waals surface area contributed by atoms with Crippen LogP contribution >= 0.6 is 35.6 Å². The van der Waals surface area contributed by atoms with E-state index in [2.05, 4.69) is 39.3 Å². The van der Waals surface area contributed by atoms with Crippen molar-refractivity contribution in [3.05, 3.63) is 59.7 Å². The van der Waals surface area contributed by atoms with Gasteiger partial charge in [0.05, 0.1) is 6.54 Å². The van der Waals surface area contributed by atoms with Crippen LogP contribution in [0, 0.1) is 0 Å². The number of guanidine groups is 1. The predicted molar refractivity (Wildman–Crippen MR) is 114 cm³/mol. The second-order valence-corrected chi connectivity index (χ2v) is 5.62. The molecule has 0 saturated carbocycles. The van der Waals surface area contributed by atoms with E-state index in [0.717, 1.165) is 41.9 Å². The van der Waals surface area contributed by atoms with Gasteiger partial charge in [-0.15, -0.1) is 40.8 Å². The molecule has 0 bridgehead atoms. The first-order valence-electron chi connectivity index (χ1n) is 7.97. The van der Waals surface area contributed by atoms with E-state index in [1.807, 2.05) is 28.8 Å². The van der Waals surface area contributed by atoms with Crippen LogP contribution in [0.3, 0.4) is 0 Å². The van der Waals surface area contributed by atoms with Gasteiger partial charge in [0.1, 0.15) is 12.2 Å². The van der Waals surface area contributed by atoms with Crippen LogP contribution in [0.4, 0.5) is 0 Å². The minimum atomic E-state index is 0. The monoisotopic (exact) mass is 474 g/mol. The summed E-state index contributed by atoms with van der Waals surface area (Å²) in [7, 11) is 0. The summed E-state index contributed by atoms with van der Waals surface area (Å²) in [5, 5.41) is 15.3. The Morgan fingerprint density at radius 1 is 1.40 bits per heavy atom. The zero-order valence-corrected chi connectivity index (χ0v) is 17.4. The Balaban J connectivity index is 0.00000312. The van der Waals surface area contributed by atoms with Gasteiger partial charge in [-0.25, -0.2) is 4.99 Å². The summed E-state index contributed by atoms with van der Waals surface area (Å²) in [4.78, 5) is 4.58. The Kier molecular flexibility index (Phi) is 10.2. The third-order valence-corrected chi connectivity index (χ3v) is 3.61. The quantitative estimate of drug-likeness (QED) is 0.267. The number of aryl methyl sites for hydroxylation is 1. The number of rotatable bonds is 8. The second-order valence-electron chi connectivity index (χ2n) is 5.19. The SMILES string of the molecule is C=CCNC(=NCc1cccc(Cl)c1)NCCn1cnnc1CC.I. The summed E-state index contributed by atoms with van der Waals surface area (Å²) in [5.41, 5.74) is 1.06. The molecular weight excluding hydrogens is 451 g/mol. The van der Waals surface area contributed by atoms with E-state index in [9.17, 15) is 0 Å². The minimum Gasteiger partial charge on any atom is -0.355 e. The number of nitrogens with one attached hydrogen (secondary N) is 2. The molecule has 6 nitrogen and oxygen atoms in total. The van der Waals surface area contributed by atoms with Gasteiger partial charge >= 0.3 is 0 Å². The average Bonchev–Trinajstić information content (AvgIpc) is 3.04. The molecule has 2 rings (SSSR count). The van der Waals surface area contributed by atoms with Crippen molar-refractivity contribution in [2.45, 2.75) is 26.4 Å². The Labute approximate surface area is 170 Å². The van der Waals surface area contributed by atoms with Crippen molar-refractivity contribution in [2.75, 3.05) is 13.1 Å². The van der Waals surface area contributed by atoms with E-state index in [1.54, 1.807) is 12.4 Å². The minimum absolute atomic E-state index is 0. The molecule has 0 saturated heterocycles. The maximum absolute atomic E-state index is 6.01. The van der Waals surface area contributed by atoms with Gasteiger partial charge in [-0.1, -0.05) is 36.7 Å². The molecule has 2 aromatic rings. The van der Waals surface area contributed by atoms with E-state index >= 15 is 0 Å². The fraction of sp³-hybridized carbons (Fsp3) is 0.353.